The highest BCUT2D eigenvalue weighted by Crippen LogP contribution is 2.37. The molecule has 1 atom stereocenters. The molecule has 1 aromatic heterocycles. The molecule has 190 valence electrons. The highest BCUT2D eigenvalue weighted by molar-refractivity contribution is 7.03. The molecular weight excluding hydrogens is 498 g/mol. The van der Waals surface area contributed by atoms with Gasteiger partial charge in [-0.05, 0) is 48.6 Å². The second kappa shape index (κ2) is 9.97. The third-order valence-electron chi connectivity index (χ3n) is 6.25. The lowest BCUT2D eigenvalue weighted by atomic mass is 10.1. The third-order valence-corrected chi connectivity index (χ3v) is 6.77. The third kappa shape index (κ3) is 4.62. The number of carbonyl (C=O) groups excluding carboxylic acids is 4. The Bertz CT molecular complexity index is 1340. The number of nitrogens with zero attached hydrogens (tertiary/aromatic N) is 4. The molecule has 2 heterocycles. The van der Waals surface area contributed by atoms with Gasteiger partial charge in [0.15, 0.2) is 6.04 Å². The van der Waals surface area contributed by atoms with Crippen molar-refractivity contribution in [2.45, 2.75) is 24.9 Å². The first-order valence-electron chi connectivity index (χ1n) is 11.5. The minimum absolute atomic E-state index is 0.238. The first-order chi connectivity index (χ1) is 17.9. The van der Waals surface area contributed by atoms with E-state index < -0.39 is 36.2 Å². The average Bonchev–Trinajstić information content (AvgIpc) is 3.55. The van der Waals surface area contributed by atoms with E-state index in [4.69, 9.17) is 9.47 Å². The number of hydrogen-bond donors (Lipinski definition) is 1. The molecule has 11 nitrogen and oxygen atoms in total. The maximum atomic E-state index is 13.7. The zero-order chi connectivity index (χ0) is 26.1. The maximum absolute atomic E-state index is 13.7. The molecule has 0 bridgehead atoms. The number of amides is 4. The van der Waals surface area contributed by atoms with Crippen molar-refractivity contribution in [3.63, 3.8) is 0 Å². The van der Waals surface area contributed by atoms with Crippen LogP contribution in [0.3, 0.4) is 0 Å². The summed E-state index contributed by atoms with van der Waals surface area (Å²) in [6.45, 7) is -0.490. The Morgan fingerprint density at radius 1 is 1.11 bits per heavy atom. The Kier molecular flexibility index (Phi) is 6.57. The van der Waals surface area contributed by atoms with Crippen molar-refractivity contribution in [3.05, 3.63) is 64.7 Å². The molecule has 37 heavy (non-hydrogen) atoms. The van der Waals surface area contributed by atoms with Crippen LogP contribution >= 0.6 is 11.5 Å². The van der Waals surface area contributed by atoms with Crippen molar-refractivity contribution in [2.24, 2.45) is 0 Å². The van der Waals surface area contributed by atoms with Crippen LogP contribution in [-0.4, -0.2) is 69.8 Å². The summed E-state index contributed by atoms with van der Waals surface area (Å²) in [5.41, 5.74) is 1.17. The van der Waals surface area contributed by atoms with Crippen molar-refractivity contribution in [2.75, 3.05) is 26.1 Å². The zero-order valence-electron chi connectivity index (χ0n) is 20.0. The lowest BCUT2D eigenvalue weighted by Crippen LogP contribution is -2.48. The quantitative estimate of drug-likeness (QED) is 0.425. The van der Waals surface area contributed by atoms with Crippen LogP contribution in [0.15, 0.2) is 47.8 Å². The van der Waals surface area contributed by atoms with E-state index in [1.807, 2.05) is 0 Å². The Labute approximate surface area is 216 Å². The fourth-order valence-corrected chi connectivity index (χ4v) is 4.78. The molecule has 5 rings (SSSR count). The summed E-state index contributed by atoms with van der Waals surface area (Å²) < 4.78 is 14.5. The Morgan fingerprint density at radius 2 is 1.81 bits per heavy atom. The number of hydrogen-bond acceptors (Lipinski definition) is 9. The molecule has 1 aliphatic carbocycles. The lowest BCUT2D eigenvalue weighted by Gasteiger charge is -2.31. The van der Waals surface area contributed by atoms with Crippen LogP contribution in [0.2, 0.25) is 0 Å². The van der Waals surface area contributed by atoms with Crippen molar-refractivity contribution < 1.29 is 28.7 Å². The number of rotatable bonds is 9. The average molecular weight is 522 g/mol. The molecule has 1 saturated carbocycles. The Morgan fingerprint density at radius 3 is 2.38 bits per heavy atom. The van der Waals surface area contributed by atoms with Gasteiger partial charge in [-0.3, -0.25) is 24.1 Å². The highest BCUT2D eigenvalue weighted by Gasteiger charge is 2.45. The summed E-state index contributed by atoms with van der Waals surface area (Å²) in [5, 5.41) is 8.49. The van der Waals surface area contributed by atoms with Crippen LogP contribution in [0.25, 0.3) is 0 Å². The van der Waals surface area contributed by atoms with Crippen molar-refractivity contribution in [3.8, 4) is 11.5 Å². The van der Waals surface area contributed by atoms with E-state index in [1.165, 1.54) is 19.1 Å². The van der Waals surface area contributed by atoms with Crippen LogP contribution in [0.4, 0.5) is 5.69 Å². The molecule has 0 radical (unpaired) electrons. The first-order valence-corrected chi connectivity index (χ1v) is 12.3. The van der Waals surface area contributed by atoms with Crippen LogP contribution in [0, 0.1) is 0 Å². The van der Waals surface area contributed by atoms with Gasteiger partial charge in [-0.2, -0.15) is 0 Å². The van der Waals surface area contributed by atoms with E-state index in [1.54, 1.807) is 47.8 Å². The van der Waals surface area contributed by atoms with Gasteiger partial charge in [-0.1, -0.05) is 16.6 Å². The topological polar surface area (TPSA) is 131 Å². The maximum Gasteiger partial charge on any atom is 0.262 e. The number of fused-ring (bicyclic) bond motifs is 1. The molecule has 3 aromatic rings. The lowest BCUT2D eigenvalue weighted by molar-refractivity contribution is -0.140. The molecule has 0 saturated heterocycles. The molecule has 0 unspecified atom stereocenters. The summed E-state index contributed by atoms with van der Waals surface area (Å²) in [6.07, 6.45) is 1.36. The molecule has 2 aromatic carbocycles. The SMILES string of the molecule is COc1ccc(NC(=O)[C@@H](c2csnn2)N(C(=O)CN2C(=O)c3ccccc3C2=O)C2CC2)c(OC)c1. The molecule has 1 N–H and O–H groups in total. The van der Waals surface area contributed by atoms with E-state index in [-0.39, 0.29) is 22.9 Å². The number of aromatic nitrogens is 2. The summed E-state index contributed by atoms with van der Waals surface area (Å²) in [7, 11) is 2.99. The van der Waals surface area contributed by atoms with Gasteiger partial charge in [0.1, 0.15) is 23.7 Å². The van der Waals surface area contributed by atoms with Crippen molar-refractivity contribution in [1.29, 1.82) is 0 Å². The smallest absolute Gasteiger partial charge is 0.262 e. The van der Waals surface area contributed by atoms with Crippen LogP contribution in [-0.2, 0) is 9.59 Å². The normalized spacial score (nSPS) is 15.2. The first kappa shape index (κ1) is 24.4. The van der Waals surface area contributed by atoms with Crippen molar-refractivity contribution in [1.82, 2.24) is 19.4 Å². The van der Waals surface area contributed by atoms with Crippen LogP contribution in [0.5, 0.6) is 11.5 Å². The molecule has 4 amide bonds. The number of carbonyl (C=O) groups is 4. The number of anilines is 1. The summed E-state index contributed by atoms with van der Waals surface area (Å²) in [6, 6.07) is 10.00. The summed E-state index contributed by atoms with van der Waals surface area (Å²) in [5.74, 6) is -1.22. The van der Waals surface area contributed by atoms with Gasteiger partial charge in [-0.25, -0.2) is 0 Å². The molecule has 0 spiro atoms. The van der Waals surface area contributed by atoms with Gasteiger partial charge in [-0.15, -0.1) is 5.10 Å². The minimum Gasteiger partial charge on any atom is -0.497 e. The van der Waals surface area contributed by atoms with Gasteiger partial charge in [0, 0.05) is 17.5 Å². The zero-order valence-corrected chi connectivity index (χ0v) is 20.9. The standard InChI is InChI=1S/C25H23N5O6S/c1-35-15-9-10-18(20(11-15)36-2)26-23(32)22(19-13-37-28-27-19)30(14-7-8-14)21(31)12-29-24(33)16-5-3-4-6-17(16)25(29)34/h3-6,9-11,13-14,22H,7-8,12H2,1-2H3,(H,26,32)/t22-/m1/s1. The van der Waals surface area contributed by atoms with E-state index >= 15 is 0 Å². The van der Waals surface area contributed by atoms with E-state index in [2.05, 4.69) is 14.9 Å². The molecule has 12 heteroatoms. The molecule has 1 aliphatic heterocycles. The predicted molar refractivity (Wildman–Crippen MR) is 133 cm³/mol. The van der Waals surface area contributed by atoms with Crippen LogP contribution < -0.4 is 14.8 Å². The second-order valence-corrected chi connectivity index (χ2v) is 9.17. The number of imide groups is 1. The van der Waals surface area contributed by atoms with Gasteiger partial charge in [0.05, 0.1) is 31.0 Å². The Hall–Kier alpha value is -4.32. The minimum atomic E-state index is -1.12. The number of benzene rings is 2. The summed E-state index contributed by atoms with van der Waals surface area (Å²) >= 11 is 1.05. The fourth-order valence-electron chi connectivity index (χ4n) is 4.31. The predicted octanol–water partition coefficient (Wildman–Crippen LogP) is 2.52. The molecule has 1 fully saturated rings. The molecular formula is C25H23N5O6S. The summed E-state index contributed by atoms with van der Waals surface area (Å²) in [4.78, 5) is 55.3. The van der Waals surface area contributed by atoms with E-state index in [0.29, 0.717) is 30.0 Å². The Balaban J connectivity index is 1.43. The number of nitrogens with one attached hydrogen (secondary N) is 1. The molecule has 2 aliphatic rings. The number of ether oxygens (including phenoxy) is 2. The van der Waals surface area contributed by atoms with Gasteiger partial charge < -0.3 is 19.7 Å². The van der Waals surface area contributed by atoms with Crippen LogP contribution in [0.1, 0.15) is 45.3 Å². The second-order valence-electron chi connectivity index (χ2n) is 8.56. The van der Waals surface area contributed by atoms with E-state index in [0.717, 1.165) is 16.4 Å². The van der Waals surface area contributed by atoms with Crippen molar-refractivity contribution >= 4 is 40.8 Å². The monoisotopic (exact) mass is 521 g/mol. The highest BCUT2D eigenvalue weighted by atomic mass is 32.1. The van der Waals surface area contributed by atoms with Gasteiger partial charge >= 0.3 is 0 Å². The van der Waals surface area contributed by atoms with Gasteiger partial charge in [0.25, 0.3) is 17.7 Å². The fraction of sp³-hybridized carbons (Fsp3) is 0.280. The largest absolute Gasteiger partial charge is 0.497 e. The van der Waals surface area contributed by atoms with E-state index in [9.17, 15) is 19.2 Å². The van der Waals surface area contributed by atoms with Gasteiger partial charge in [0.2, 0.25) is 5.91 Å². The number of methoxy groups -OCH3 is 2.